The molecular formula is C33H36F2N4O4. The fourth-order valence-corrected chi connectivity index (χ4v) is 5.50. The molecule has 0 aliphatic carbocycles. The maximum Gasteiger partial charge on any atom is 0.247 e. The third-order valence-electron chi connectivity index (χ3n) is 8.09. The molecule has 1 saturated heterocycles. The molecule has 0 radical (unpaired) electrons. The van der Waals surface area contributed by atoms with Crippen LogP contribution in [0.4, 0.5) is 20.2 Å². The monoisotopic (exact) mass is 590 g/mol. The van der Waals surface area contributed by atoms with Crippen LogP contribution in [-0.2, 0) is 16.8 Å². The number of ether oxygens (including phenoxy) is 1. The molecule has 0 saturated carbocycles. The Morgan fingerprint density at radius 2 is 1.93 bits per heavy atom. The van der Waals surface area contributed by atoms with Gasteiger partial charge in [-0.3, -0.25) is 9.78 Å². The molecule has 226 valence electrons. The standard InChI is InChI=1S/C33H36F2N4O4/c1-6-29(40)37-25-18-24(39-12-10-38(7-2)11-13-39)9-8-21(25)15-23-16-22-17-28(43-27(22)19-36-23)33(4,41)30-31(34)20(3)14-26(42-5)32(30)35/h6,8-9,14,16-19,41H,1,7,10-13,15H2,2-5H3,(H,37,40). The number of nitrogens with zero attached hydrogens (tertiary/aromatic N) is 3. The molecule has 1 unspecified atom stereocenters. The first-order chi connectivity index (χ1) is 20.5. The van der Waals surface area contributed by atoms with Crippen LogP contribution in [0.1, 0.15) is 42.0 Å². The van der Waals surface area contributed by atoms with Crippen LogP contribution >= 0.6 is 0 Å². The molecule has 2 aromatic heterocycles. The molecule has 1 aliphatic rings. The van der Waals surface area contributed by atoms with Gasteiger partial charge in [0.15, 0.2) is 22.8 Å². The van der Waals surface area contributed by atoms with E-state index in [0.717, 1.165) is 44.0 Å². The maximum atomic E-state index is 15.2. The van der Waals surface area contributed by atoms with E-state index < -0.39 is 22.8 Å². The number of anilines is 2. The first-order valence-corrected chi connectivity index (χ1v) is 14.2. The summed E-state index contributed by atoms with van der Waals surface area (Å²) in [6.45, 7) is 13.3. The minimum absolute atomic E-state index is 0.0432. The first-order valence-electron chi connectivity index (χ1n) is 14.2. The molecule has 3 heterocycles. The Bertz CT molecular complexity index is 1680. The summed E-state index contributed by atoms with van der Waals surface area (Å²) in [7, 11) is 1.28. The van der Waals surface area contributed by atoms with Gasteiger partial charge in [0, 0.05) is 55.1 Å². The number of halogens is 2. The van der Waals surface area contributed by atoms with Gasteiger partial charge in [-0.15, -0.1) is 0 Å². The van der Waals surface area contributed by atoms with Crippen LogP contribution in [0.2, 0.25) is 0 Å². The van der Waals surface area contributed by atoms with Crippen LogP contribution < -0.4 is 15.0 Å². The smallest absolute Gasteiger partial charge is 0.247 e. The van der Waals surface area contributed by atoms with E-state index in [1.807, 2.05) is 18.2 Å². The fraction of sp³-hybridized carbons (Fsp3) is 0.333. The highest BCUT2D eigenvalue weighted by atomic mass is 19.1. The van der Waals surface area contributed by atoms with Crippen molar-refractivity contribution in [3.05, 3.63) is 95.0 Å². The number of piperazine rings is 1. The Morgan fingerprint density at radius 1 is 1.19 bits per heavy atom. The van der Waals surface area contributed by atoms with Gasteiger partial charge in [0.05, 0.1) is 18.9 Å². The third kappa shape index (κ3) is 5.98. The number of carbonyl (C=O) groups is 1. The average Bonchev–Trinajstić information content (AvgIpc) is 3.44. The predicted molar refractivity (Wildman–Crippen MR) is 163 cm³/mol. The second kappa shape index (κ2) is 12.1. The van der Waals surface area contributed by atoms with Crippen LogP contribution in [0.3, 0.4) is 0 Å². The SMILES string of the molecule is C=CC(=O)Nc1cc(N2CCN(CC)CC2)ccc1Cc1cc2cc(C(C)(O)c3c(F)c(C)cc(OC)c3F)oc2cn1. The van der Waals surface area contributed by atoms with Crippen molar-refractivity contribution in [2.75, 3.05) is 50.1 Å². The number of aryl methyl sites for hydroxylation is 1. The number of fused-ring (bicyclic) bond motifs is 1. The normalized spacial score (nSPS) is 15.4. The molecule has 1 aliphatic heterocycles. The summed E-state index contributed by atoms with van der Waals surface area (Å²) in [5.41, 5.74) is 0.998. The largest absolute Gasteiger partial charge is 0.494 e. The van der Waals surface area contributed by atoms with E-state index in [9.17, 15) is 9.90 Å². The van der Waals surface area contributed by atoms with E-state index in [1.54, 1.807) is 12.1 Å². The summed E-state index contributed by atoms with van der Waals surface area (Å²) >= 11 is 0. The number of amides is 1. The van der Waals surface area contributed by atoms with Gasteiger partial charge in [0.25, 0.3) is 0 Å². The van der Waals surface area contributed by atoms with Gasteiger partial charge in [-0.25, -0.2) is 8.78 Å². The average molecular weight is 591 g/mol. The number of nitrogens with one attached hydrogen (secondary N) is 1. The first kappa shape index (κ1) is 30.2. The number of pyridine rings is 1. The number of hydrogen-bond donors (Lipinski definition) is 2. The molecule has 2 N–H and O–H groups in total. The van der Waals surface area contributed by atoms with Crippen molar-refractivity contribution in [1.82, 2.24) is 9.88 Å². The zero-order valence-corrected chi connectivity index (χ0v) is 24.8. The van der Waals surface area contributed by atoms with Gasteiger partial charge in [0.2, 0.25) is 5.91 Å². The number of carbonyl (C=O) groups excluding carboxylic acids is 1. The van der Waals surface area contributed by atoms with E-state index in [0.29, 0.717) is 28.8 Å². The lowest BCUT2D eigenvalue weighted by atomic mass is 9.90. The Balaban J connectivity index is 1.45. The predicted octanol–water partition coefficient (Wildman–Crippen LogP) is 5.54. The molecule has 0 bridgehead atoms. The number of furan rings is 1. The van der Waals surface area contributed by atoms with E-state index in [2.05, 4.69) is 33.6 Å². The molecular weight excluding hydrogens is 554 g/mol. The third-order valence-corrected chi connectivity index (χ3v) is 8.09. The summed E-state index contributed by atoms with van der Waals surface area (Å²) in [6, 6.07) is 10.6. The molecule has 1 atom stereocenters. The number of likely N-dealkylation sites (N-methyl/N-ethyl adjacent to an activating group) is 1. The summed E-state index contributed by atoms with van der Waals surface area (Å²) in [6.07, 6.45) is 3.13. The van der Waals surface area contributed by atoms with Gasteiger partial charge >= 0.3 is 0 Å². The molecule has 8 nitrogen and oxygen atoms in total. The van der Waals surface area contributed by atoms with Gasteiger partial charge in [-0.05, 0) is 67.9 Å². The Kier molecular flexibility index (Phi) is 8.52. The topological polar surface area (TPSA) is 91.1 Å². The van der Waals surface area contributed by atoms with Gasteiger partial charge in [-0.2, -0.15) is 0 Å². The van der Waals surface area contributed by atoms with E-state index >= 15 is 8.78 Å². The lowest BCUT2D eigenvalue weighted by Gasteiger charge is -2.35. The highest BCUT2D eigenvalue weighted by Crippen LogP contribution is 2.40. The number of benzene rings is 2. The molecule has 43 heavy (non-hydrogen) atoms. The summed E-state index contributed by atoms with van der Waals surface area (Å²) in [4.78, 5) is 21.5. The Labute approximate surface area is 249 Å². The highest BCUT2D eigenvalue weighted by Gasteiger charge is 2.38. The van der Waals surface area contributed by atoms with Gasteiger partial charge < -0.3 is 29.4 Å². The van der Waals surface area contributed by atoms with E-state index in [-0.39, 0.29) is 23.0 Å². The van der Waals surface area contributed by atoms with Gasteiger partial charge in [-0.1, -0.05) is 19.6 Å². The quantitative estimate of drug-likeness (QED) is 0.248. The van der Waals surface area contributed by atoms with Crippen LogP contribution in [0.15, 0.2) is 59.7 Å². The maximum absolute atomic E-state index is 15.2. The molecule has 4 aromatic rings. The molecule has 1 fully saturated rings. The minimum Gasteiger partial charge on any atom is -0.494 e. The Morgan fingerprint density at radius 3 is 2.60 bits per heavy atom. The lowest BCUT2D eigenvalue weighted by Crippen LogP contribution is -2.46. The number of hydrogen-bond acceptors (Lipinski definition) is 7. The Hall–Kier alpha value is -4.28. The van der Waals surface area contributed by atoms with Crippen molar-refractivity contribution in [2.24, 2.45) is 0 Å². The van der Waals surface area contributed by atoms with Crippen LogP contribution in [0.25, 0.3) is 11.0 Å². The van der Waals surface area contributed by atoms with Crippen LogP contribution in [0, 0.1) is 18.6 Å². The van der Waals surface area contributed by atoms with Crippen molar-refractivity contribution >= 4 is 28.3 Å². The number of rotatable bonds is 9. The molecule has 1 amide bonds. The molecule has 10 heteroatoms. The highest BCUT2D eigenvalue weighted by molar-refractivity contribution is 5.99. The van der Waals surface area contributed by atoms with Crippen molar-refractivity contribution in [1.29, 1.82) is 0 Å². The summed E-state index contributed by atoms with van der Waals surface area (Å²) in [5.74, 6) is -2.42. The molecule has 0 spiro atoms. The van der Waals surface area contributed by atoms with Gasteiger partial charge in [0.1, 0.15) is 11.6 Å². The number of methoxy groups -OCH3 is 1. The summed E-state index contributed by atoms with van der Waals surface area (Å²) in [5, 5.41) is 14.9. The number of aromatic nitrogens is 1. The van der Waals surface area contributed by atoms with Crippen molar-refractivity contribution in [2.45, 2.75) is 32.8 Å². The van der Waals surface area contributed by atoms with Crippen molar-refractivity contribution in [3.8, 4) is 5.75 Å². The number of aliphatic hydroxyl groups is 1. The van der Waals surface area contributed by atoms with Crippen LogP contribution in [-0.4, -0.2) is 60.7 Å². The fourth-order valence-electron chi connectivity index (χ4n) is 5.50. The van der Waals surface area contributed by atoms with Crippen LogP contribution in [0.5, 0.6) is 5.75 Å². The zero-order valence-electron chi connectivity index (χ0n) is 24.8. The van der Waals surface area contributed by atoms with E-state index in [4.69, 9.17) is 9.15 Å². The lowest BCUT2D eigenvalue weighted by molar-refractivity contribution is -0.111. The second-order valence-corrected chi connectivity index (χ2v) is 10.9. The van der Waals surface area contributed by atoms with Crippen molar-refractivity contribution in [3.63, 3.8) is 0 Å². The van der Waals surface area contributed by atoms with E-state index in [1.165, 1.54) is 39.3 Å². The zero-order chi connectivity index (χ0) is 30.9. The minimum atomic E-state index is -2.13. The second-order valence-electron chi connectivity index (χ2n) is 10.9. The molecule has 2 aromatic carbocycles. The summed E-state index contributed by atoms with van der Waals surface area (Å²) < 4.78 is 41.2. The van der Waals surface area contributed by atoms with Crippen molar-refractivity contribution < 1.29 is 27.8 Å². The molecule has 5 rings (SSSR count).